The van der Waals surface area contributed by atoms with Crippen LogP contribution < -0.4 is 15.0 Å². The van der Waals surface area contributed by atoms with Gasteiger partial charge in [-0.05, 0) is 37.0 Å². The smallest absolute Gasteiger partial charge is 0.264 e. The Bertz CT molecular complexity index is 876. The van der Waals surface area contributed by atoms with Gasteiger partial charge >= 0.3 is 0 Å². The van der Waals surface area contributed by atoms with Crippen LogP contribution in [-0.4, -0.2) is 31.8 Å². The summed E-state index contributed by atoms with van der Waals surface area (Å²) in [6.45, 7) is 0. The monoisotopic (exact) mass is 335 g/mol. The van der Waals surface area contributed by atoms with Gasteiger partial charge in [-0.3, -0.25) is 4.79 Å². The van der Waals surface area contributed by atoms with Crippen LogP contribution in [0.2, 0.25) is 0 Å². The molecular formula is C15H17N3O4S. The van der Waals surface area contributed by atoms with E-state index in [1.54, 1.807) is 12.1 Å². The number of rotatable bonds is 4. The summed E-state index contributed by atoms with van der Waals surface area (Å²) < 4.78 is 32.8. The van der Waals surface area contributed by atoms with E-state index < -0.39 is 10.0 Å². The molecule has 0 fully saturated rings. The number of aromatic nitrogens is 2. The minimum absolute atomic E-state index is 0.159. The van der Waals surface area contributed by atoms with E-state index in [0.717, 1.165) is 11.3 Å². The number of nitrogens with one attached hydrogen (secondary N) is 2. The van der Waals surface area contributed by atoms with Gasteiger partial charge in [0.2, 0.25) is 10.0 Å². The maximum absolute atomic E-state index is 12.5. The second-order valence-electron chi connectivity index (χ2n) is 5.44. The highest BCUT2D eigenvalue weighted by Gasteiger charge is 2.25. The lowest BCUT2D eigenvalue weighted by molar-refractivity contribution is 0.413. The van der Waals surface area contributed by atoms with E-state index in [0.29, 0.717) is 25.0 Å². The van der Waals surface area contributed by atoms with Gasteiger partial charge < -0.3 is 4.74 Å². The Hall–Kier alpha value is -2.19. The Morgan fingerprint density at radius 3 is 2.96 bits per heavy atom. The van der Waals surface area contributed by atoms with Crippen LogP contribution >= 0.6 is 0 Å². The minimum Gasteiger partial charge on any atom is -0.497 e. The van der Waals surface area contributed by atoms with E-state index in [1.807, 2.05) is 0 Å². The van der Waals surface area contributed by atoms with Gasteiger partial charge in [0.25, 0.3) is 5.56 Å². The summed E-state index contributed by atoms with van der Waals surface area (Å²) in [4.78, 5) is 11.5. The molecule has 1 atom stereocenters. The normalized spacial score (nSPS) is 17.5. The van der Waals surface area contributed by atoms with Crippen molar-refractivity contribution in [1.29, 1.82) is 0 Å². The van der Waals surface area contributed by atoms with Gasteiger partial charge in [-0.1, -0.05) is 6.07 Å². The zero-order valence-corrected chi connectivity index (χ0v) is 13.4. The fraction of sp³-hybridized carbons (Fsp3) is 0.333. The number of aryl methyl sites for hydroxylation is 1. The summed E-state index contributed by atoms with van der Waals surface area (Å²) in [6, 6.07) is 7.54. The maximum atomic E-state index is 12.5. The largest absolute Gasteiger partial charge is 0.497 e. The molecular weight excluding hydrogens is 318 g/mol. The summed E-state index contributed by atoms with van der Waals surface area (Å²) in [5, 5.41) is 6.40. The van der Waals surface area contributed by atoms with Crippen LogP contribution in [0.15, 0.2) is 40.0 Å². The molecule has 1 heterocycles. The third-order valence-electron chi connectivity index (χ3n) is 3.85. The molecule has 23 heavy (non-hydrogen) atoms. The first kappa shape index (κ1) is 15.7. The lowest BCUT2D eigenvalue weighted by atomic mass is 9.93. The van der Waals surface area contributed by atoms with E-state index in [-0.39, 0.29) is 16.5 Å². The van der Waals surface area contributed by atoms with Gasteiger partial charge in [0.05, 0.1) is 17.7 Å². The third-order valence-corrected chi connectivity index (χ3v) is 5.36. The molecule has 7 nitrogen and oxygen atoms in total. The van der Waals surface area contributed by atoms with Crippen LogP contribution in [0.1, 0.15) is 17.7 Å². The topological polar surface area (TPSA) is 101 Å². The lowest BCUT2D eigenvalue weighted by Gasteiger charge is -2.24. The van der Waals surface area contributed by atoms with E-state index in [1.165, 1.54) is 25.3 Å². The van der Waals surface area contributed by atoms with Crippen molar-refractivity contribution in [2.45, 2.75) is 30.2 Å². The van der Waals surface area contributed by atoms with Crippen LogP contribution in [0.4, 0.5) is 0 Å². The summed E-state index contributed by atoms with van der Waals surface area (Å²) in [5.74, 6) is 0.484. The summed E-state index contributed by atoms with van der Waals surface area (Å²) in [5.41, 5.74) is 1.33. The third kappa shape index (κ3) is 3.43. The van der Waals surface area contributed by atoms with Crippen molar-refractivity contribution in [3.05, 3.63) is 51.9 Å². The highest BCUT2D eigenvalue weighted by Crippen LogP contribution is 2.21. The quantitative estimate of drug-likeness (QED) is 0.853. The molecule has 0 radical (unpaired) electrons. The number of H-pyrrole nitrogens is 1. The molecule has 122 valence electrons. The first-order chi connectivity index (χ1) is 11.0. The molecule has 3 rings (SSSR count). The SMILES string of the molecule is COc1cccc(S(=O)(=O)NC2CCc3n[nH]c(=O)cc3C2)c1. The van der Waals surface area contributed by atoms with Crippen molar-refractivity contribution < 1.29 is 13.2 Å². The zero-order valence-electron chi connectivity index (χ0n) is 12.6. The number of ether oxygens (including phenoxy) is 1. The fourth-order valence-electron chi connectivity index (χ4n) is 2.70. The Kier molecular flexibility index (Phi) is 4.18. The highest BCUT2D eigenvalue weighted by atomic mass is 32.2. The predicted molar refractivity (Wildman–Crippen MR) is 84.0 cm³/mol. The van der Waals surface area contributed by atoms with Crippen molar-refractivity contribution in [3.8, 4) is 5.75 Å². The van der Waals surface area contributed by atoms with Crippen molar-refractivity contribution in [1.82, 2.24) is 14.9 Å². The fourth-order valence-corrected chi connectivity index (χ4v) is 4.00. The molecule has 0 amide bonds. The van der Waals surface area contributed by atoms with Crippen LogP contribution in [0, 0.1) is 0 Å². The zero-order chi connectivity index (χ0) is 16.4. The number of fused-ring (bicyclic) bond motifs is 1. The van der Waals surface area contributed by atoms with E-state index in [2.05, 4.69) is 14.9 Å². The maximum Gasteiger partial charge on any atom is 0.264 e. The number of aromatic amines is 1. The summed E-state index contributed by atoms with van der Waals surface area (Å²) >= 11 is 0. The van der Waals surface area contributed by atoms with Crippen LogP contribution in [-0.2, 0) is 22.9 Å². The molecule has 0 bridgehead atoms. The Morgan fingerprint density at radius 2 is 2.17 bits per heavy atom. The molecule has 0 saturated carbocycles. The standard InChI is InChI=1S/C15H17N3O4S/c1-22-12-3-2-4-13(9-12)23(20,21)18-11-5-6-14-10(7-11)8-15(19)17-16-14/h2-4,8-9,11,18H,5-7H2,1H3,(H,17,19). The Labute approximate surface area is 133 Å². The number of benzene rings is 1. The number of methoxy groups -OCH3 is 1. The molecule has 8 heteroatoms. The second kappa shape index (κ2) is 6.13. The molecule has 0 spiro atoms. The second-order valence-corrected chi connectivity index (χ2v) is 7.16. The van der Waals surface area contributed by atoms with E-state index in [9.17, 15) is 13.2 Å². The number of nitrogens with zero attached hydrogens (tertiary/aromatic N) is 1. The van der Waals surface area contributed by atoms with E-state index in [4.69, 9.17) is 4.74 Å². The number of sulfonamides is 1. The van der Waals surface area contributed by atoms with Gasteiger partial charge in [-0.15, -0.1) is 0 Å². The average Bonchev–Trinajstić information content (AvgIpc) is 2.54. The first-order valence-electron chi connectivity index (χ1n) is 7.22. The molecule has 2 N–H and O–H groups in total. The molecule has 0 aliphatic heterocycles. The predicted octanol–water partition coefficient (Wildman–Crippen LogP) is 0.614. The Balaban J connectivity index is 1.80. The van der Waals surface area contributed by atoms with Gasteiger partial charge in [0, 0.05) is 18.2 Å². The van der Waals surface area contributed by atoms with Crippen molar-refractivity contribution in [2.24, 2.45) is 0 Å². The lowest BCUT2D eigenvalue weighted by Crippen LogP contribution is -2.39. The minimum atomic E-state index is -3.64. The molecule has 1 aliphatic carbocycles. The highest BCUT2D eigenvalue weighted by molar-refractivity contribution is 7.89. The number of hydrogen-bond donors (Lipinski definition) is 2. The number of hydrogen-bond acceptors (Lipinski definition) is 5. The van der Waals surface area contributed by atoms with Crippen molar-refractivity contribution >= 4 is 10.0 Å². The van der Waals surface area contributed by atoms with Crippen LogP contribution in [0.5, 0.6) is 5.75 Å². The molecule has 1 aliphatic rings. The van der Waals surface area contributed by atoms with E-state index >= 15 is 0 Å². The van der Waals surface area contributed by atoms with Gasteiger partial charge in [-0.2, -0.15) is 5.10 Å². The van der Waals surface area contributed by atoms with Gasteiger partial charge in [-0.25, -0.2) is 18.2 Å². The molecule has 2 aromatic rings. The van der Waals surface area contributed by atoms with Gasteiger partial charge in [0.15, 0.2) is 0 Å². The molecule has 1 aromatic heterocycles. The van der Waals surface area contributed by atoms with Gasteiger partial charge in [0.1, 0.15) is 5.75 Å². The summed E-state index contributed by atoms with van der Waals surface area (Å²) in [6.07, 6.45) is 1.71. The molecule has 1 unspecified atom stereocenters. The molecule has 1 aromatic carbocycles. The van der Waals surface area contributed by atoms with Crippen LogP contribution in [0.25, 0.3) is 0 Å². The van der Waals surface area contributed by atoms with Crippen molar-refractivity contribution in [2.75, 3.05) is 7.11 Å². The average molecular weight is 335 g/mol. The Morgan fingerprint density at radius 1 is 1.35 bits per heavy atom. The molecule has 0 saturated heterocycles. The van der Waals surface area contributed by atoms with Crippen molar-refractivity contribution in [3.63, 3.8) is 0 Å². The van der Waals surface area contributed by atoms with Crippen LogP contribution in [0.3, 0.4) is 0 Å². The first-order valence-corrected chi connectivity index (χ1v) is 8.70. The summed E-state index contributed by atoms with van der Waals surface area (Å²) in [7, 11) is -2.15.